The molecule has 2 saturated heterocycles. The summed E-state index contributed by atoms with van der Waals surface area (Å²) in [6.45, 7) is 5.03. The van der Waals surface area contributed by atoms with Gasteiger partial charge in [0.2, 0.25) is 5.91 Å². The average molecular weight is 240 g/mol. The fourth-order valence-electron chi connectivity index (χ4n) is 2.71. The molecule has 0 spiro atoms. The SMILES string of the molecule is CC1OCCC1NC(=O)CCC1CCCNC1. The van der Waals surface area contributed by atoms with Gasteiger partial charge in [0.25, 0.3) is 0 Å². The van der Waals surface area contributed by atoms with Crippen LogP contribution in [0.3, 0.4) is 0 Å². The van der Waals surface area contributed by atoms with E-state index in [1.807, 2.05) is 6.92 Å². The maximum atomic E-state index is 11.8. The third-order valence-corrected chi connectivity index (χ3v) is 3.90. The molecule has 2 heterocycles. The molecule has 3 atom stereocenters. The van der Waals surface area contributed by atoms with Gasteiger partial charge in [-0.1, -0.05) is 0 Å². The highest BCUT2D eigenvalue weighted by Crippen LogP contribution is 2.17. The van der Waals surface area contributed by atoms with E-state index in [9.17, 15) is 4.79 Å². The van der Waals surface area contributed by atoms with Crippen LogP contribution in [-0.4, -0.2) is 37.7 Å². The Kier molecular flexibility index (Phi) is 4.80. The fourth-order valence-corrected chi connectivity index (χ4v) is 2.71. The van der Waals surface area contributed by atoms with Gasteiger partial charge in [-0.15, -0.1) is 0 Å². The Morgan fingerprint density at radius 1 is 1.47 bits per heavy atom. The zero-order chi connectivity index (χ0) is 12.1. The van der Waals surface area contributed by atoms with Crippen LogP contribution in [0.1, 0.15) is 39.0 Å². The summed E-state index contributed by atoms with van der Waals surface area (Å²) in [6.07, 6.45) is 5.33. The van der Waals surface area contributed by atoms with Crippen molar-refractivity contribution in [1.82, 2.24) is 10.6 Å². The van der Waals surface area contributed by atoms with E-state index in [1.165, 1.54) is 12.8 Å². The Balaban J connectivity index is 1.63. The first-order valence-electron chi connectivity index (χ1n) is 6.87. The van der Waals surface area contributed by atoms with Crippen molar-refractivity contribution < 1.29 is 9.53 Å². The van der Waals surface area contributed by atoms with Crippen molar-refractivity contribution in [3.05, 3.63) is 0 Å². The molecular formula is C13H24N2O2. The van der Waals surface area contributed by atoms with Crippen LogP contribution in [0.5, 0.6) is 0 Å². The summed E-state index contributed by atoms with van der Waals surface area (Å²) in [5.41, 5.74) is 0. The first kappa shape index (κ1) is 12.8. The predicted octanol–water partition coefficient (Wildman–Crippen LogP) is 1.06. The van der Waals surface area contributed by atoms with E-state index in [0.29, 0.717) is 12.3 Å². The van der Waals surface area contributed by atoms with Crippen molar-refractivity contribution in [2.45, 2.75) is 51.2 Å². The van der Waals surface area contributed by atoms with E-state index < -0.39 is 0 Å². The highest BCUT2D eigenvalue weighted by molar-refractivity contribution is 5.76. The maximum Gasteiger partial charge on any atom is 0.220 e. The van der Waals surface area contributed by atoms with Gasteiger partial charge >= 0.3 is 0 Å². The van der Waals surface area contributed by atoms with E-state index in [0.717, 1.165) is 32.5 Å². The standard InChI is InChI=1S/C13H24N2O2/c1-10-12(6-8-17-10)15-13(16)5-4-11-3-2-7-14-9-11/h10-12,14H,2-9H2,1H3,(H,15,16). The Morgan fingerprint density at radius 2 is 2.35 bits per heavy atom. The lowest BCUT2D eigenvalue weighted by atomic mass is 9.94. The van der Waals surface area contributed by atoms with E-state index in [-0.39, 0.29) is 18.1 Å². The van der Waals surface area contributed by atoms with Gasteiger partial charge in [0.05, 0.1) is 12.1 Å². The molecule has 1 amide bonds. The molecule has 0 aliphatic carbocycles. The topological polar surface area (TPSA) is 50.4 Å². The molecule has 0 aromatic carbocycles. The third-order valence-electron chi connectivity index (χ3n) is 3.90. The molecule has 4 nitrogen and oxygen atoms in total. The fraction of sp³-hybridized carbons (Fsp3) is 0.923. The zero-order valence-electron chi connectivity index (χ0n) is 10.7. The number of nitrogens with one attached hydrogen (secondary N) is 2. The number of hydrogen-bond acceptors (Lipinski definition) is 3. The van der Waals surface area contributed by atoms with Crippen molar-refractivity contribution in [3.8, 4) is 0 Å². The molecule has 0 aromatic rings. The van der Waals surface area contributed by atoms with E-state index in [1.54, 1.807) is 0 Å². The van der Waals surface area contributed by atoms with Crippen molar-refractivity contribution in [2.75, 3.05) is 19.7 Å². The largest absolute Gasteiger partial charge is 0.376 e. The molecule has 2 N–H and O–H groups in total. The van der Waals surface area contributed by atoms with Crippen LogP contribution in [0.2, 0.25) is 0 Å². The van der Waals surface area contributed by atoms with Crippen LogP contribution in [0.4, 0.5) is 0 Å². The average Bonchev–Trinajstić information content (AvgIpc) is 2.74. The number of carbonyl (C=O) groups is 1. The smallest absolute Gasteiger partial charge is 0.220 e. The number of hydrogen-bond donors (Lipinski definition) is 2. The summed E-state index contributed by atoms with van der Waals surface area (Å²) in [4.78, 5) is 11.8. The van der Waals surface area contributed by atoms with Crippen LogP contribution in [-0.2, 0) is 9.53 Å². The zero-order valence-corrected chi connectivity index (χ0v) is 10.7. The normalized spacial score (nSPS) is 33.6. The van der Waals surface area contributed by atoms with Crippen molar-refractivity contribution in [3.63, 3.8) is 0 Å². The van der Waals surface area contributed by atoms with Crippen LogP contribution < -0.4 is 10.6 Å². The summed E-state index contributed by atoms with van der Waals surface area (Å²) in [6, 6.07) is 0.229. The molecule has 17 heavy (non-hydrogen) atoms. The lowest BCUT2D eigenvalue weighted by Gasteiger charge is -2.23. The highest BCUT2D eigenvalue weighted by atomic mass is 16.5. The Morgan fingerprint density at radius 3 is 3.00 bits per heavy atom. The van der Waals surface area contributed by atoms with Crippen LogP contribution in [0.15, 0.2) is 0 Å². The van der Waals surface area contributed by atoms with Gasteiger partial charge in [-0.2, -0.15) is 0 Å². The number of amides is 1. The Bertz CT molecular complexity index is 252. The minimum absolute atomic E-state index is 0.176. The summed E-state index contributed by atoms with van der Waals surface area (Å²) in [5.74, 6) is 0.879. The van der Waals surface area contributed by atoms with Crippen molar-refractivity contribution in [2.24, 2.45) is 5.92 Å². The molecule has 2 aliphatic rings. The second-order valence-electron chi connectivity index (χ2n) is 5.29. The summed E-state index contributed by atoms with van der Waals surface area (Å²) < 4.78 is 5.44. The second-order valence-corrected chi connectivity index (χ2v) is 5.29. The summed E-state index contributed by atoms with van der Waals surface area (Å²) in [5, 5.41) is 6.47. The Hall–Kier alpha value is -0.610. The molecule has 0 radical (unpaired) electrons. The summed E-state index contributed by atoms with van der Waals surface area (Å²) in [7, 11) is 0. The Labute approximate surface area is 103 Å². The van der Waals surface area contributed by atoms with Gasteiger partial charge in [0.15, 0.2) is 0 Å². The minimum atomic E-state index is 0.176. The van der Waals surface area contributed by atoms with Gasteiger partial charge in [-0.25, -0.2) is 0 Å². The molecule has 2 fully saturated rings. The van der Waals surface area contributed by atoms with Gasteiger partial charge in [-0.05, 0) is 51.6 Å². The lowest BCUT2D eigenvalue weighted by molar-refractivity contribution is -0.122. The summed E-state index contributed by atoms with van der Waals surface area (Å²) >= 11 is 0. The molecule has 4 heteroatoms. The molecule has 3 unspecified atom stereocenters. The molecular weight excluding hydrogens is 216 g/mol. The highest BCUT2D eigenvalue weighted by Gasteiger charge is 2.25. The quantitative estimate of drug-likeness (QED) is 0.772. The minimum Gasteiger partial charge on any atom is -0.376 e. The number of piperidine rings is 1. The van der Waals surface area contributed by atoms with Gasteiger partial charge < -0.3 is 15.4 Å². The second kappa shape index (κ2) is 6.36. The van der Waals surface area contributed by atoms with E-state index in [2.05, 4.69) is 10.6 Å². The lowest BCUT2D eigenvalue weighted by Crippen LogP contribution is -2.39. The van der Waals surface area contributed by atoms with E-state index in [4.69, 9.17) is 4.74 Å². The predicted molar refractivity (Wildman–Crippen MR) is 66.8 cm³/mol. The first-order valence-corrected chi connectivity index (χ1v) is 6.87. The number of carbonyl (C=O) groups excluding carboxylic acids is 1. The molecule has 0 aromatic heterocycles. The van der Waals surface area contributed by atoms with E-state index >= 15 is 0 Å². The van der Waals surface area contributed by atoms with Crippen molar-refractivity contribution in [1.29, 1.82) is 0 Å². The van der Waals surface area contributed by atoms with Gasteiger partial charge in [0, 0.05) is 13.0 Å². The van der Waals surface area contributed by atoms with Crippen LogP contribution in [0.25, 0.3) is 0 Å². The van der Waals surface area contributed by atoms with Gasteiger partial charge in [-0.3, -0.25) is 4.79 Å². The molecule has 0 bridgehead atoms. The molecule has 2 rings (SSSR count). The molecule has 0 saturated carbocycles. The third kappa shape index (κ3) is 3.96. The van der Waals surface area contributed by atoms with Crippen molar-refractivity contribution >= 4 is 5.91 Å². The first-order chi connectivity index (χ1) is 8.25. The number of rotatable bonds is 4. The number of ether oxygens (including phenoxy) is 1. The van der Waals surface area contributed by atoms with Gasteiger partial charge in [0.1, 0.15) is 0 Å². The van der Waals surface area contributed by atoms with Crippen LogP contribution in [0, 0.1) is 5.92 Å². The van der Waals surface area contributed by atoms with Crippen LogP contribution >= 0.6 is 0 Å². The maximum absolute atomic E-state index is 11.8. The molecule has 98 valence electrons. The monoisotopic (exact) mass is 240 g/mol. The molecule has 2 aliphatic heterocycles.